The van der Waals surface area contributed by atoms with E-state index >= 15 is 0 Å². The average Bonchev–Trinajstić information content (AvgIpc) is 2.72. The summed E-state index contributed by atoms with van der Waals surface area (Å²) in [6.07, 6.45) is 0. The molecule has 0 saturated carbocycles. The second-order valence-corrected chi connectivity index (χ2v) is 7.56. The topological polar surface area (TPSA) is 58.1 Å². The van der Waals surface area contributed by atoms with Gasteiger partial charge in [0.15, 0.2) is 5.96 Å². The van der Waals surface area contributed by atoms with Gasteiger partial charge in [0.05, 0.1) is 13.2 Å². The van der Waals surface area contributed by atoms with Crippen LogP contribution in [0.1, 0.15) is 29.2 Å². The van der Waals surface area contributed by atoms with E-state index in [-0.39, 0.29) is 24.0 Å². The number of guanidine groups is 1. The van der Waals surface area contributed by atoms with E-state index in [1.807, 2.05) is 0 Å². The number of aryl methyl sites for hydroxylation is 1. The lowest BCUT2D eigenvalue weighted by molar-refractivity contribution is 0.145. The Morgan fingerprint density at radius 1 is 1.00 bits per heavy atom. The third kappa shape index (κ3) is 10.3. The smallest absolute Gasteiger partial charge is 0.191 e. The van der Waals surface area contributed by atoms with Crippen molar-refractivity contribution in [1.29, 1.82) is 0 Å². The van der Waals surface area contributed by atoms with E-state index in [1.165, 1.54) is 16.7 Å². The number of halogens is 1. The van der Waals surface area contributed by atoms with Crippen LogP contribution in [0.25, 0.3) is 0 Å². The lowest BCUT2D eigenvalue weighted by Gasteiger charge is -2.15. The van der Waals surface area contributed by atoms with Gasteiger partial charge in [-0.15, -0.1) is 24.0 Å². The zero-order chi connectivity index (χ0) is 21.8. The summed E-state index contributed by atoms with van der Waals surface area (Å²) in [4.78, 5) is 6.90. The number of nitrogens with one attached hydrogen (secondary N) is 2. The Bertz CT molecular complexity index is 795. The summed E-state index contributed by atoms with van der Waals surface area (Å²) in [6.45, 7) is 8.24. The summed E-state index contributed by atoms with van der Waals surface area (Å²) < 4.78 is 11.0. The highest BCUT2D eigenvalue weighted by Gasteiger charge is 2.06. The first-order chi connectivity index (χ1) is 14.5. The van der Waals surface area contributed by atoms with Crippen LogP contribution in [-0.2, 0) is 24.4 Å². The molecule has 31 heavy (non-hydrogen) atoms. The maximum absolute atomic E-state index is 5.89. The molecular weight excluding hydrogens is 503 g/mol. The summed E-state index contributed by atoms with van der Waals surface area (Å²) >= 11 is 0. The molecule has 0 atom stereocenters. The van der Waals surface area contributed by atoms with Gasteiger partial charge in [0.25, 0.3) is 0 Å². The SMILES string of the molecule is CCNC(=NCc1ccc(CN(C)C)cc1)NCc1ccc(C)cc1OCCOC.I. The van der Waals surface area contributed by atoms with Crippen molar-refractivity contribution in [1.82, 2.24) is 15.5 Å². The van der Waals surface area contributed by atoms with E-state index in [0.29, 0.717) is 26.3 Å². The minimum absolute atomic E-state index is 0. The van der Waals surface area contributed by atoms with Crippen molar-refractivity contribution in [2.75, 3.05) is 41.0 Å². The molecule has 2 aromatic carbocycles. The molecule has 0 radical (unpaired) electrons. The van der Waals surface area contributed by atoms with Crippen molar-refractivity contribution in [3.05, 3.63) is 64.7 Å². The zero-order valence-electron chi connectivity index (χ0n) is 19.4. The first-order valence-corrected chi connectivity index (χ1v) is 10.5. The van der Waals surface area contributed by atoms with Crippen LogP contribution in [-0.4, -0.2) is 51.8 Å². The van der Waals surface area contributed by atoms with Crippen LogP contribution in [0, 0.1) is 6.92 Å². The number of hydrogen-bond acceptors (Lipinski definition) is 4. The number of ether oxygens (including phenoxy) is 2. The molecule has 6 nitrogen and oxygen atoms in total. The van der Waals surface area contributed by atoms with Gasteiger partial charge in [0, 0.05) is 32.3 Å². The van der Waals surface area contributed by atoms with Crippen molar-refractivity contribution >= 4 is 29.9 Å². The van der Waals surface area contributed by atoms with Crippen LogP contribution >= 0.6 is 24.0 Å². The lowest BCUT2D eigenvalue weighted by atomic mass is 10.1. The van der Waals surface area contributed by atoms with Gasteiger partial charge in [0.2, 0.25) is 0 Å². The second-order valence-electron chi connectivity index (χ2n) is 7.56. The van der Waals surface area contributed by atoms with Crippen LogP contribution < -0.4 is 15.4 Å². The highest BCUT2D eigenvalue weighted by atomic mass is 127. The third-order valence-corrected chi connectivity index (χ3v) is 4.50. The number of nitrogens with zero attached hydrogens (tertiary/aromatic N) is 2. The molecule has 0 aliphatic heterocycles. The number of hydrogen-bond donors (Lipinski definition) is 2. The van der Waals surface area contributed by atoms with Gasteiger partial charge in [0.1, 0.15) is 12.4 Å². The van der Waals surface area contributed by atoms with Crippen molar-refractivity contribution in [2.45, 2.75) is 33.5 Å². The minimum atomic E-state index is 0. The van der Waals surface area contributed by atoms with Gasteiger partial charge in [-0.2, -0.15) is 0 Å². The maximum Gasteiger partial charge on any atom is 0.191 e. The van der Waals surface area contributed by atoms with E-state index in [2.05, 4.69) is 85.9 Å². The minimum Gasteiger partial charge on any atom is -0.491 e. The Labute approximate surface area is 204 Å². The maximum atomic E-state index is 5.89. The monoisotopic (exact) mass is 540 g/mol. The van der Waals surface area contributed by atoms with Crippen molar-refractivity contribution in [2.24, 2.45) is 4.99 Å². The largest absolute Gasteiger partial charge is 0.491 e. The standard InChI is InChI=1S/C24H36N4O2.HI/c1-6-25-24(26-16-20-8-10-21(11-9-20)18-28(3)4)27-17-22-12-7-19(2)15-23(22)30-14-13-29-5;/h7-12,15H,6,13-14,16-18H2,1-5H3,(H2,25,26,27);1H. The van der Waals surface area contributed by atoms with E-state index < -0.39 is 0 Å². The Balaban J connectivity index is 0.00000480. The summed E-state index contributed by atoms with van der Waals surface area (Å²) in [5.41, 5.74) is 4.76. The molecule has 2 rings (SSSR count). The molecule has 0 aliphatic carbocycles. The van der Waals surface area contributed by atoms with Crippen LogP contribution in [0.15, 0.2) is 47.5 Å². The van der Waals surface area contributed by atoms with Gasteiger partial charge in [-0.25, -0.2) is 4.99 Å². The van der Waals surface area contributed by atoms with Crippen molar-refractivity contribution in [3.63, 3.8) is 0 Å². The van der Waals surface area contributed by atoms with Gasteiger partial charge >= 0.3 is 0 Å². The molecule has 0 bridgehead atoms. The Hall–Kier alpha value is -1.84. The molecule has 0 heterocycles. The molecule has 172 valence electrons. The zero-order valence-corrected chi connectivity index (χ0v) is 21.7. The molecule has 2 aromatic rings. The van der Waals surface area contributed by atoms with Gasteiger partial charge in [-0.05, 0) is 50.7 Å². The Morgan fingerprint density at radius 2 is 1.71 bits per heavy atom. The molecule has 0 aliphatic rings. The molecule has 7 heteroatoms. The van der Waals surface area contributed by atoms with E-state index in [4.69, 9.17) is 14.5 Å². The fourth-order valence-electron chi connectivity index (χ4n) is 2.98. The van der Waals surface area contributed by atoms with Gasteiger partial charge in [-0.3, -0.25) is 0 Å². The van der Waals surface area contributed by atoms with Crippen molar-refractivity contribution < 1.29 is 9.47 Å². The fraction of sp³-hybridized carbons (Fsp3) is 0.458. The molecular formula is C24H37IN4O2. The van der Waals surface area contributed by atoms with E-state index in [9.17, 15) is 0 Å². The predicted molar refractivity (Wildman–Crippen MR) is 139 cm³/mol. The normalized spacial score (nSPS) is 11.2. The first kappa shape index (κ1) is 27.2. The van der Waals surface area contributed by atoms with E-state index in [1.54, 1.807) is 7.11 Å². The molecule has 0 spiro atoms. The van der Waals surface area contributed by atoms with E-state index in [0.717, 1.165) is 30.4 Å². The van der Waals surface area contributed by atoms with Crippen molar-refractivity contribution in [3.8, 4) is 5.75 Å². The summed E-state index contributed by atoms with van der Waals surface area (Å²) in [5, 5.41) is 6.73. The van der Waals surface area contributed by atoms with Crippen LogP contribution in [0.3, 0.4) is 0 Å². The van der Waals surface area contributed by atoms with Gasteiger partial charge < -0.3 is 25.0 Å². The van der Waals surface area contributed by atoms with Crippen LogP contribution in [0.5, 0.6) is 5.75 Å². The first-order valence-electron chi connectivity index (χ1n) is 10.5. The summed E-state index contributed by atoms with van der Waals surface area (Å²) in [6, 6.07) is 14.9. The molecule has 2 N–H and O–H groups in total. The quantitative estimate of drug-likeness (QED) is 0.196. The number of aliphatic imine (C=N–C) groups is 1. The van der Waals surface area contributed by atoms with Crippen LogP contribution in [0.4, 0.5) is 0 Å². The van der Waals surface area contributed by atoms with Gasteiger partial charge in [-0.1, -0.05) is 36.4 Å². The fourth-order valence-corrected chi connectivity index (χ4v) is 2.98. The molecule has 0 aromatic heterocycles. The number of methoxy groups -OCH3 is 1. The molecule has 0 amide bonds. The average molecular weight is 540 g/mol. The molecule has 0 fully saturated rings. The predicted octanol–water partition coefficient (Wildman–Crippen LogP) is 3.96. The summed E-state index contributed by atoms with van der Waals surface area (Å²) in [5.74, 6) is 1.67. The lowest BCUT2D eigenvalue weighted by Crippen LogP contribution is -2.36. The molecule has 0 saturated heterocycles. The number of rotatable bonds is 11. The number of benzene rings is 2. The Morgan fingerprint density at radius 3 is 2.35 bits per heavy atom. The second kappa shape index (κ2) is 15.0. The van der Waals surface area contributed by atoms with Crippen LogP contribution in [0.2, 0.25) is 0 Å². The highest BCUT2D eigenvalue weighted by Crippen LogP contribution is 2.20. The summed E-state index contributed by atoms with van der Waals surface area (Å²) in [7, 11) is 5.83. The third-order valence-electron chi connectivity index (χ3n) is 4.50. The Kier molecular flexibility index (Phi) is 13.2. The molecule has 0 unspecified atom stereocenters. The highest BCUT2D eigenvalue weighted by molar-refractivity contribution is 14.0.